The molecule has 1 unspecified atom stereocenters. The monoisotopic (exact) mass is 277 g/mol. The highest BCUT2D eigenvalue weighted by Crippen LogP contribution is 2.07. The van der Waals surface area contributed by atoms with Crippen molar-refractivity contribution in [3.05, 3.63) is 35.9 Å². The molecule has 0 aliphatic rings. The zero-order valence-electron chi connectivity index (χ0n) is 12.7. The van der Waals surface area contributed by atoms with Gasteiger partial charge in [-0.15, -0.1) is 0 Å². The van der Waals surface area contributed by atoms with Crippen LogP contribution in [0.4, 0.5) is 0 Å². The molecular formula is C17H27NO2. The Morgan fingerprint density at radius 1 is 1.20 bits per heavy atom. The van der Waals surface area contributed by atoms with E-state index in [1.807, 2.05) is 18.2 Å². The van der Waals surface area contributed by atoms with E-state index < -0.39 is 0 Å². The molecule has 0 heterocycles. The van der Waals surface area contributed by atoms with Crippen LogP contribution < -0.4 is 5.32 Å². The van der Waals surface area contributed by atoms with Crippen LogP contribution in [0.2, 0.25) is 0 Å². The van der Waals surface area contributed by atoms with Crippen LogP contribution in [0.3, 0.4) is 0 Å². The van der Waals surface area contributed by atoms with Gasteiger partial charge in [0.1, 0.15) is 0 Å². The summed E-state index contributed by atoms with van der Waals surface area (Å²) in [5.41, 5.74) is 1.25. The number of unbranched alkanes of at least 4 members (excludes halogenated alkanes) is 3. The highest BCUT2D eigenvalue weighted by atomic mass is 16.5. The maximum Gasteiger partial charge on any atom is 0.307 e. The number of esters is 1. The van der Waals surface area contributed by atoms with Gasteiger partial charge in [-0.1, -0.05) is 56.5 Å². The van der Waals surface area contributed by atoms with Gasteiger partial charge in [0.15, 0.2) is 0 Å². The fourth-order valence-electron chi connectivity index (χ4n) is 2.26. The van der Waals surface area contributed by atoms with Gasteiger partial charge in [-0.05, 0) is 24.9 Å². The third-order valence-electron chi connectivity index (χ3n) is 3.43. The normalized spacial score (nSPS) is 12.1. The molecule has 0 saturated carbocycles. The summed E-state index contributed by atoms with van der Waals surface area (Å²) in [5.74, 6) is -0.146. The molecule has 3 heteroatoms. The number of ether oxygens (including phenoxy) is 1. The second-order valence-corrected chi connectivity index (χ2v) is 5.18. The number of rotatable bonds is 10. The maximum atomic E-state index is 11.5. The minimum Gasteiger partial charge on any atom is -0.469 e. The van der Waals surface area contributed by atoms with E-state index in [0.717, 1.165) is 13.0 Å². The van der Waals surface area contributed by atoms with Crippen LogP contribution in [0.25, 0.3) is 0 Å². The van der Waals surface area contributed by atoms with E-state index in [0.29, 0.717) is 6.42 Å². The topological polar surface area (TPSA) is 38.3 Å². The smallest absolute Gasteiger partial charge is 0.307 e. The van der Waals surface area contributed by atoms with Gasteiger partial charge in [0, 0.05) is 6.04 Å². The number of nitrogens with one attached hydrogen (secondary N) is 1. The van der Waals surface area contributed by atoms with Gasteiger partial charge in [-0.3, -0.25) is 4.79 Å². The predicted octanol–water partition coefficient (Wildman–Crippen LogP) is 3.33. The Morgan fingerprint density at radius 2 is 1.95 bits per heavy atom. The second-order valence-electron chi connectivity index (χ2n) is 5.18. The number of carbonyl (C=O) groups excluding carboxylic acids is 1. The van der Waals surface area contributed by atoms with E-state index in [1.54, 1.807) is 0 Å². The van der Waals surface area contributed by atoms with Crippen LogP contribution in [0, 0.1) is 0 Å². The van der Waals surface area contributed by atoms with Gasteiger partial charge < -0.3 is 10.1 Å². The molecular weight excluding hydrogens is 250 g/mol. The quantitative estimate of drug-likeness (QED) is 0.526. The molecule has 0 bridgehead atoms. The van der Waals surface area contributed by atoms with Crippen molar-refractivity contribution in [3.8, 4) is 0 Å². The second kappa shape index (κ2) is 10.4. The first kappa shape index (κ1) is 16.7. The lowest BCUT2D eigenvalue weighted by Gasteiger charge is -2.18. The lowest BCUT2D eigenvalue weighted by Crippen LogP contribution is -2.34. The highest BCUT2D eigenvalue weighted by molar-refractivity contribution is 5.69. The fraction of sp³-hybridized carbons (Fsp3) is 0.588. The van der Waals surface area contributed by atoms with Crippen LogP contribution >= 0.6 is 0 Å². The molecule has 1 aromatic rings. The fourth-order valence-corrected chi connectivity index (χ4v) is 2.26. The van der Waals surface area contributed by atoms with Crippen molar-refractivity contribution in [2.75, 3.05) is 13.7 Å². The zero-order valence-corrected chi connectivity index (χ0v) is 12.7. The summed E-state index contributed by atoms with van der Waals surface area (Å²) in [6.07, 6.45) is 6.24. The summed E-state index contributed by atoms with van der Waals surface area (Å²) in [6.45, 7) is 3.18. The molecule has 0 saturated heterocycles. The number of carbonyl (C=O) groups is 1. The Morgan fingerprint density at radius 3 is 2.60 bits per heavy atom. The molecule has 112 valence electrons. The zero-order chi connectivity index (χ0) is 14.6. The third kappa shape index (κ3) is 7.29. The minimum absolute atomic E-state index is 0.146. The Bertz CT molecular complexity index is 365. The molecule has 0 spiro atoms. The maximum absolute atomic E-state index is 11.5. The molecule has 0 aromatic heterocycles. The molecule has 0 aliphatic carbocycles. The summed E-state index contributed by atoms with van der Waals surface area (Å²) in [5, 5.41) is 3.49. The molecule has 1 aromatic carbocycles. The van der Waals surface area contributed by atoms with Crippen molar-refractivity contribution in [2.45, 2.75) is 51.5 Å². The van der Waals surface area contributed by atoms with E-state index in [1.165, 1.54) is 38.4 Å². The van der Waals surface area contributed by atoms with E-state index in [4.69, 9.17) is 4.74 Å². The van der Waals surface area contributed by atoms with E-state index >= 15 is 0 Å². The first-order valence-electron chi connectivity index (χ1n) is 7.60. The van der Waals surface area contributed by atoms with Gasteiger partial charge in [-0.2, -0.15) is 0 Å². The predicted molar refractivity (Wildman–Crippen MR) is 82.7 cm³/mol. The van der Waals surface area contributed by atoms with Crippen molar-refractivity contribution in [1.29, 1.82) is 0 Å². The first-order valence-corrected chi connectivity index (χ1v) is 7.60. The van der Waals surface area contributed by atoms with Crippen molar-refractivity contribution >= 4 is 5.97 Å². The van der Waals surface area contributed by atoms with Crippen LogP contribution in [-0.4, -0.2) is 25.7 Å². The molecule has 20 heavy (non-hydrogen) atoms. The van der Waals surface area contributed by atoms with E-state index in [9.17, 15) is 4.79 Å². The van der Waals surface area contributed by atoms with Gasteiger partial charge in [0.25, 0.3) is 0 Å². The molecule has 0 amide bonds. The third-order valence-corrected chi connectivity index (χ3v) is 3.43. The Hall–Kier alpha value is -1.35. The summed E-state index contributed by atoms with van der Waals surface area (Å²) in [4.78, 5) is 11.5. The average Bonchev–Trinajstić information content (AvgIpc) is 2.47. The van der Waals surface area contributed by atoms with Crippen molar-refractivity contribution in [2.24, 2.45) is 0 Å². The lowest BCUT2D eigenvalue weighted by molar-refractivity contribution is -0.141. The molecule has 0 aliphatic heterocycles. The van der Waals surface area contributed by atoms with Crippen molar-refractivity contribution in [3.63, 3.8) is 0 Å². The Balaban J connectivity index is 2.41. The van der Waals surface area contributed by atoms with Crippen LogP contribution in [-0.2, 0) is 16.0 Å². The highest BCUT2D eigenvalue weighted by Gasteiger charge is 2.14. The summed E-state index contributed by atoms with van der Waals surface area (Å²) in [6, 6.07) is 10.4. The molecule has 1 atom stereocenters. The van der Waals surface area contributed by atoms with Crippen LogP contribution in [0.5, 0.6) is 0 Å². The number of methoxy groups -OCH3 is 1. The standard InChI is InChI=1S/C17H27NO2/c1-3-4-5-9-12-18-16(14-17(19)20-2)13-15-10-7-6-8-11-15/h6-8,10-11,16,18H,3-5,9,12-14H2,1-2H3. The first-order chi connectivity index (χ1) is 9.76. The van der Waals surface area contributed by atoms with E-state index in [-0.39, 0.29) is 12.0 Å². The minimum atomic E-state index is -0.146. The lowest BCUT2D eigenvalue weighted by atomic mass is 10.0. The van der Waals surface area contributed by atoms with Gasteiger partial charge >= 0.3 is 5.97 Å². The largest absolute Gasteiger partial charge is 0.469 e. The Kier molecular flexibility index (Phi) is 8.72. The number of hydrogen-bond acceptors (Lipinski definition) is 3. The molecule has 1 rings (SSSR count). The summed E-state index contributed by atoms with van der Waals surface area (Å²) >= 11 is 0. The molecule has 0 radical (unpaired) electrons. The summed E-state index contributed by atoms with van der Waals surface area (Å²) < 4.78 is 4.78. The van der Waals surface area contributed by atoms with Crippen LogP contribution in [0.1, 0.15) is 44.6 Å². The molecule has 3 nitrogen and oxygen atoms in total. The number of hydrogen-bond donors (Lipinski definition) is 1. The van der Waals surface area contributed by atoms with Gasteiger partial charge in [0.05, 0.1) is 13.5 Å². The van der Waals surface area contributed by atoms with Crippen molar-refractivity contribution < 1.29 is 9.53 Å². The number of benzene rings is 1. The Labute approximate surface area is 122 Å². The summed E-state index contributed by atoms with van der Waals surface area (Å²) in [7, 11) is 1.45. The SMILES string of the molecule is CCCCCCNC(CC(=O)OC)Cc1ccccc1. The van der Waals surface area contributed by atoms with Gasteiger partial charge in [0.2, 0.25) is 0 Å². The van der Waals surface area contributed by atoms with Gasteiger partial charge in [-0.25, -0.2) is 0 Å². The molecule has 1 N–H and O–H groups in total. The average molecular weight is 277 g/mol. The van der Waals surface area contributed by atoms with Crippen molar-refractivity contribution in [1.82, 2.24) is 5.32 Å². The van der Waals surface area contributed by atoms with Crippen LogP contribution in [0.15, 0.2) is 30.3 Å². The van der Waals surface area contributed by atoms with E-state index in [2.05, 4.69) is 24.4 Å². The molecule has 0 fully saturated rings.